The molecule has 2 aliphatic heterocycles. The number of hydrogen-bond donors (Lipinski definition) is 1. The minimum atomic E-state index is -4.18. The van der Waals surface area contributed by atoms with E-state index in [1.165, 1.54) is 0 Å². The Bertz CT molecular complexity index is 1660. The molecule has 50 heavy (non-hydrogen) atoms. The van der Waals surface area contributed by atoms with Gasteiger partial charge in [-0.3, -0.25) is 18.9 Å². The lowest BCUT2D eigenvalue weighted by atomic mass is 9.86. The third-order valence-corrected chi connectivity index (χ3v) is 13.8. The van der Waals surface area contributed by atoms with Gasteiger partial charge in [0.15, 0.2) is 5.78 Å². The molecule has 3 heterocycles. The molecule has 3 fully saturated rings. The van der Waals surface area contributed by atoms with Gasteiger partial charge in [0.1, 0.15) is 11.9 Å². The van der Waals surface area contributed by atoms with Gasteiger partial charge in [0.05, 0.1) is 50.4 Å². The number of allylic oxidation sites excluding steroid dienone is 1. The summed E-state index contributed by atoms with van der Waals surface area (Å²) in [4.78, 5) is 59.5. The highest BCUT2D eigenvalue weighted by Gasteiger charge is 2.66. The molecule has 2 aromatic rings. The van der Waals surface area contributed by atoms with Crippen molar-refractivity contribution in [2.45, 2.75) is 102 Å². The van der Waals surface area contributed by atoms with Gasteiger partial charge in [-0.2, -0.15) is 0 Å². The average Bonchev–Trinajstić information content (AvgIpc) is 3.37. The molecule has 6 rings (SSSR count). The zero-order valence-electron chi connectivity index (χ0n) is 29.5. The van der Waals surface area contributed by atoms with Crippen LogP contribution in [0.5, 0.6) is 11.6 Å². The van der Waals surface area contributed by atoms with E-state index in [2.05, 4.69) is 18.5 Å². The minimum Gasteiger partial charge on any atom is -0.496 e. The number of methoxy groups -OCH3 is 1. The molecular formula is C38H51N2O9P. The van der Waals surface area contributed by atoms with Crippen LogP contribution in [0.2, 0.25) is 0 Å². The molecule has 0 spiro atoms. The Balaban J connectivity index is 1.37. The number of ether oxygens (including phenoxy) is 3. The summed E-state index contributed by atoms with van der Waals surface area (Å²) in [6.07, 6.45) is 8.95. The summed E-state index contributed by atoms with van der Waals surface area (Å²) in [6, 6.07) is 5.00. The number of ketones is 1. The van der Waals surface area contributed by atoms with E-state index >= 15 is 0 Å². The van der Waals surface area contributed by atoms with Crippen LogP contribution in [-0.2, 0) is 34.6 Å². The Morgan fingerprint density at radius 2 is 2.00 bits per heavy atom. The molecule has 4 aliphatic rings. The summed E-state index contributed by atoms with van der Waals surface area (Å²) in [6.45, 7) is 7.94. The first kappa shape index (κ1) is 36.5. The summed E-state index contributed by atoms with van der Waals surface area (Å²) in [5.41, 5.74) is 1.01. The molecule has 1 aromatic carbocycles. The van der Waals surface area contributed by atoms with Gasteiger partial charge in [-0.05, 0) is 92.4 Å². The van der Waals surface area contributed by atoms with Crippen LogP contribution in [-0.4, -0.2) is 76.6 Å². The molecule has 1 N–H and O–H groups in total. The molecule has 1 aromatic heterocycles. The Kier molecular flexibility index (Phi) is 11.1. The number of aryl methyl sites for hydroxylation is 1. The Morgan fingerprint density at radius 1 is 1.22 bits per heavy atom. The van der Waals surface area contributed by atoms with Gasteiger partial charge in [-0.25, -0.2) is 4.98 Å². The molecule has 7 atom stereocenters. The van der Waals surface area contributed by atoms with Crippen LogP contribution in [0.3, 0.4) is 0 Å². The van der Waals surface area contributed by atoms with E-state index in [0.717, 1.165) is 67.0 Å². The molecule has 0 radical (unpaired) electrons. The van der Waals surface area contributed by atoms with Crippen molar-refractivity contribution < 1.29 is 42.6 Å². The number of carbonyl (C=O) groups is 3. The number of aromatic nitrogens is 1. The molecule has 2 aliphatic carbocycles. The van der Waals surface area contributed by atoms with Crippen molar-refractivity contribution in [3.63, 3.8) is 0 Å². The van der Waals surface area contributed by atoms with Crippen LogP contribution < -0.4 is 9.47 Å². The fourth-order valence-corrected chi connectivity index (χ4v) is 10.4. The van der Waals surface area contributed by atoms with Crippen LogP contribution in [0.25, 0.3) is 10.8 Å². The zero-order chi connectivity index (χ0) is 35.6. The second-order valence-electron chi connectivity index (χ2n) is 14.7. The van der Waals surface area contributed by atoms with Crippen LogP contribution in [0.4, 0.5) is 0 Å². The van der Waals surface area contributed by atoms with Crippen molar-refractivity contribution in [2.24, 2.45) is 23.7 Å². The SMILES string of the molecule is C=CC1CC1(CC(=O)[C@@H]1C[C@@H]2CN1C(=O)[C@H](C1CCCC1)CC(=O)OC[C@@H](C)CCCc1cc3c(nccc3cc1OC)O2)P(=O)(O)OCC. The van der Waals surface area contributed by atoms with E-state index in [9.17, 15) is 23.8 Å². The normalized spacial score (nSPS) is 30.6. The summed E-state index contributed by atoms with van der Waals surface area (Å²) < 4.78 is 36.8. The van der Waals surface area contributed by atoms with E-state index in [4.69, 9.17) is 18.7 Å². The van der Waals surface area contributed by atoms with Crippen molar-refractivity contribution in [1.82, 2.24) is 9.88 Å². The zero-order valence-corrected chi connectivity index (χ0v) is 30.4. The summed E-state index contributed by atoms with van der Waals surface area (Å²) >= 11 is 0. The minimum absolute atomic E-state index is 0.00235. The summed E-state index contributed by atoms with van der Waals surface area (Å²) in [5, 5.41) is 0.428. The molecule has 4 bridgehead atoms. The lowest BCUT2D eigenvalue weighted by Gasteiger charge is -2.31. The quantitative estimate of drug-likeness (QED) is 0.176. The van der Waals surface area contributed by atoms with Crippen LogP contribution in [0.15, 0.2) is 37.1 Å². The second kappa shape index (κ2) is 15.1. The predicted molar refractivity (Wildman–Crippen MR) is 188 cm³/mol. The fraction of sp³-hybridized carbons (Fsp3) is 0.632. The summed E-state index contributed by atoms with van der Waals surface area (Å²) in [7, 11) is -2.53. The van der Waals surface area contributed by atoms with E-state index in [1.54, 1.807) is 31.2 Å². The molecule has 1 saturated heterocycles. The highest BCUT2D eigenvalue weighted by atomic mass is 31.2. The standard InChI is InChI=1S/C38H51N2O9P/c1-5-28-20-38(28,50(44,45)48-6-2)21-33(41)32-18-29-22-40(32)37(43)31(25-11-7-8-12-25)19-35(42)47-23-24(3)10-9-13-27-16-30-26(17-34(27)46-4)14-15-39-36(30)49-29/h5,14-17,24-25,28-29,31-32H,1,6-13,18-23H2,2-4H3,(H,44,45)/t24-,28?,29+,31-,32-,38?/m0/s1. The molecule has 3 unspecified atom stereocenters. The maximum Gasteiger partial charge on any atom is 0.335 e. The van der Waals surface area contributed by atoms with Crippen molar-refractivity contribution in [3.8, 4) is 11.6 Å². The van der Waals surface area contributed by atoms with Crippen LogP contribution in [0, 0.1) is 23.7 Å². The average molecular weight is 711 g/mol. The maximum atomic E-state index is 14.6. The number of nitrogens with zero attached hydrogens (tertiary/aromatic N) is 2. The number of fused-ring (bicyclic) bond motifs is 3. The first-order valence-corrected chi connectivity index (χ1v) is 19.8. The van der Waals surface area contributed by atoms with E-state index in [1.807, 2.05) is 18.2 Å². The van der Waals surface area contributed by atoms with Crippen molar-refractivity contribution in [3.05, 3.63) is 42.6 Å². The first-order valence-electron chi connectivity index (χ1n) is 18.2. The van der Waals surface area contributed by atoms with Crippen molar-refractivity contribution in [2.75, 3.05) is 26.9 Å². The Morgan fingerprint density at radius 3 is 2.70 bits per heavy atom. The first-order chi connectivity index (χ1) is 24.0. The van der Waals surface area contributed by atoms with Gasteiger partial charge in [0.2, 0.25) is 11.8 Å². The number of Topliss-reactive ketones (excluding diaryl/α,β-unsaturated/α-hetero) is 1. The van der Waals surface area contributed by atoms with Gasteiger partial charge >= 0.3 is 13.6 Å². The van der Waals surface area contributed by atoms with Crippen LogP contribution in [0.1, 0.15) is 83.6 Å². The third kappa shape index (κ3) is 7.37. The molecule has 2 saturated carbocycles. The van der Waals surface area contributed by atoms with Gasteiger partial charge in [-0.1, -0.05) is 25.8 Å². The van der Waals surface area contributed by atoms with E-state index in [0.29, 0.717) is 12.3 Å². The number of cyclic esters (lactones) is 1. The van der Waals surface area contributed by atoms with E-state index in [-0.39, 0.29) is 68.5 Å². The number of benzene rings is 1. The molecular weight excluding hydrogens is 659 g/mol. The molecule has 12 heteroatoms. The number of amides is 1. The fourth-order valence-electron chi connectivity index (χ4n) is 8.49. The van der Waals surface area contributed by atoms with Gasteiger partial charge in [0.25, 0.3) is 0 Å². The predicted octanol–water partition coefficient (Wildman–Crippen LogP) is 6.43. The van der Waals surface area contributed by atoms with Gasteiger partial charge in [-0.15, -0.1) is 6.58 Å². The maximum absolute atomic E-state index is 14.6. The second-order valence-corrected chi connectivity index (χ2v) is 16.9. The number of hydrogen-bond acceptors (Lipinski definition) is 9. The summed E-state index contributed by atoms with van der Waals surface area (Å²) in [5.74, 6) is -0.704. The number of carbonyl (C=O) groups excluding carboxylic acids is 3. The Hall–Kier alpha value is -3.27. The highest BCUT2D eigenvalue weighted by molar-refractivity contribution is 7.55. The van der Waals surface area contributed by atoms with Gasteiger partial charge in [0, 0.05) is 24.4 Å². The van der Waals surface area contributed by atoms with Crippen molar-refractivity contribution >= 4 is 36.0 Å². The number of esters is 1. The van der Waals surface area contributed by atoms with E-state index < -0.39 is 36.8 Å². The molecule has 272 valence electrons. The monoisotopic (exact) mass is 710 g/mol. The van der Waals surface area contributed by atoms with Crippen molar-refractivity contribution in [1.29, 1.82) is 0 Å². The highest BCUT2D eigenvalue weighted by Crippen LogP contribution is 2.73. The largest absolute Gasteiger partial charge is 0.496 e. The number of rotatable bonds is 9. The van der Waals surface area contributed by atoms with Gasteiger partial charge < -0.3 is 28.5 Å². The number of pyridine rings is 1. The third-order valence-electron chi connectivity index (χ3n) is 11.4. The van der Waals surface area contributed by atoms with Crippen LogP contribution >= 0.6 is 7.60 Å². The lowest BCUT2D eigenvalue weighted by molar-refractivity contribution is -0.152. The smallest absolute Gasteiger partial charge is 0.335 e. The lowest BCUT2D eigenvalue weighted by Crippen LogP contribution is -2.46. The Labute approximate surface area is 294 Å². The molecule has 1 amide bonds. The molecule has 11 nitrogen and oxygen atoms in total. The topological polar surface area (TPSA) is 142 Å².